The number of imidazole rings is 1. The van der Waals surface area contributed by atoms with Crippen LogP contribution in [0.15, 0.2) is 59.8 Å². The summed E-state index contributed by atoms with van der Waals surface area (Å²) in [5, 5.41) is 7.87. The Kier molecular flexibility index (Phi) is 5.42. The van der Waals surface area contributed by atoms with Crippen LogP contribution >= 0.6 is 0 Å². The number of aromatic nitrogens is 2. The summed E-state index contributed by atoms with van der Waals surface area (Å²) in [6, 6.07) is 10.0. The predicted molar refractivity (Wildman–Crippen MR) is 103 cm³/mol. The van der Waals surface area contributed by atoms with Gasteiger partial charge in [0.25, 0.3) is 0 Å². The molecule has 1 heterocycles. The molecule has 3 N–H and O–H groups in total. The zero-order chi connectivity index (χ0) is 21.4. The van der Waals surface area contributed by atoms with Crippen LogP contribution in [0.1, 0.15) is 29.9 Å². The molecule has 0 amide bonds. The van der Waals surface area contributed by atoms with Crippen LogP contribution in [0, 0.1) is 6.92 Å². The van der Waals surface area contributed by atoms with Crippen molar-refractivity contribution >= 4 is 15.7 Å². The van der Waals surface area contributed by atoms with Crippen molar-refractivity contribution < 1.29 is 21.6 Å². The Morgan fingerprint density at radius 1 is 1.14 bits per heavy atom. The van der Waals surface area contributed by atoms with Crippen molar-refractivity contribution in [3.05, 3.63) is 71.8 Å². The van der Waals surface area contributed by atoms with Crippen LogP contribution in [-0.2, 0) is 16.2 Å². The van der Waals surface area contributed by atoms with Gasteiger partial charge >= 0.3 is 6.18 Å². The van der Waals surface area contributed by atoms with Gasteiger partial charge in [0.15, 0.2) is 0 Å². The number of nitrogens with zero attached hydrogens (tertiary/aromatic N) is 2. The number of hydrogen-bond acceptors (Lipinski definition) is 4. The number of nitrogens with one attached hydrogen (secondary N) is 1. The van der Waals surface area contributed by atoms with Gasteiger partial charge in [-0.15, -0.1) is 0 Å². The van der Waals surface area contributed by atoms with E-state index in [4.69, 9.17) is 5.14 Å². The van der Waals surface area contributed by atoms with Crippen LogP contribution in [-0.4, -0.2) is 18.0 Å². The summed E-state index contributed by atoms with van der Waals surface area (Å²) in [6.07, 6.45) is -1.33. The minimum Gasteiger partial charge on any atom is -0.379 e. The SMILES string of the molecule is Cc1nccn1-c1ccc(C(C)Nc2ccc(S(N)(=O)=O)c(C(F)(F)F)c2)cc1. The Morgan fingerprint density at radius 3 is 2.31 bits per heavy atom. The molecule has 10 heteroatoms. The molecule has 0 fully saturated rings. The lowest BCUT2D eigenvalue weighted by Crippen LogP contribution is -2.19. The maximum atomic E-state index is 13.3. The fraction of sp³-hybridized carbons (Fsp3) is 0.211. The van der Waals surface area contributed by atoms with Crippen molar-refractivity contribution in [2.24, 2.45) is 5.14 Å². The molecule has 0 aliphatic carbocycles. The van der Waals surface area contributed by atoms with E-state index in [-0.39, 0.29) is 11.7 Å². The average molecular weight is 424 g/mol. The van der Waals surface area contributed by atoms with Gasteiger partial charge in [-0.3, -0.25) is 0 Å². The fourth-order valence-electron chi connectivity index (χ4n) is 3.00. The second kappa shape index (κ2) is 7.53. The molecule has 0 radical (unpaired) electrons. The molecular formula is C19H19F3N4O2S. The fourth-order valence-corrected chi connectivity index (χ4v) is 3.74. The summed E-state index contributed by atoms with van der Waals surface area (Å²) in [7, 11) is -4.50. The Hall–Kier alpha value is -2.85. The van der Waals surface area contributed by atoms with Gasteiger partial charge in [-0.1, -0.05) is 12.1 Å². The number of rotatable bonds is 5. The van der Waals surface area contributed by atoms with E-state index in [2.05, 4.69) is 10.3 Å². The molecule has 3 rings (SSSR count). The first kappa shape index (κ1) is 20.9. The van der Waals surface area contributed by atoms with Crippen molar-refractivity contribution in [1.29, 1.82) is 0 Å². The second-order valence-corrected chi connectivity index (χ2v) is 8.09. The summed E-state index contributed by atoms with van der Waals surface area (Å²) >= 11 is 0. The maximum Gasteiger partial charge on any atom is 0.417 e. The molecule has 1 unspecified atom stereocenters. The lowest BCUT2D eigenvalue weighted by atomic mass is 10.1. The number of halogens is 3. The van der Waals surface area contributed by atoms with E-state index in [1.165, 1.54) is 6.07 Å². The molecule has 1 aromatic heterocycles. The van der Waals surface area contributed by atoms with Gasteiger partial charge in [-0.25, -0.2) is 18.5 Å². The lowest BCUT2D eigenvalue weighted by Gasteiger charge is -2.19. The number of aryl methyl sites for hydroxylation is 1. The van der Waals surface area contributed by atoms with E-state index in [0.717, 1.165) is 29.2 Å². The lowest BCUT2D eigenvalue weighted by molar-refractivity contribution is -0.139. The number of nitrogens with two attached hydrogens (primary N) is 1. The van der Waals surface area contributed by atoms with E-state index in [9.17, 15) is 21.6 Å². The van der Waals surface area contributed by atoms with Gasteiger partial charge in [0, 0.05) is 29.8 Å². The molecular weight excluding hydrogens is 405 g/mol. The first-order valence-electron chi connectivity index (χ1n) is 8.57. The van der Waals surface area contributed by atoms with Crippen LogP contribution in [0.2, 0.25) is 0 Å². The van der Waals surface area contributed by atoms with Crippen molar-refractivity contribution in [2.75, 3.05) is 5.32 Å². The molecule has 3 aromatic rings. The molecule has 6 nitrogen and oxygen atoms in total. The topological polar surface area (TPSA) is 90.0 Å². The summed E-state index contributed by atoms with van der Waals surface area (Å²) in [4.78, 5) is 3.21. The summed E-state index contributed by atoms with van der Waals surface area (Å²) in [5.41, 5.74) is 0.582. The second-order valence-electron chi connectivity index (χ2n) is 6.56. The van der Waals surface area contributed by atoms with Gasteiger partial charge < -0.3 is 9.88 Å². The summed E-state index contributed by atoms with van der Waals surface area (Å²) in [6.45, 7) is 3.67. The molecule has 29 heavy (non-hydrogen) atoms. The van der Waals surface area contributed by atoms with Crippen LogP contribution in [0.4, 0.5) is 18.9 Å². The van der Waals surface area contributed by atoms with Crippen LogP contribution in [0.5, 0.6) is 0 Å². The number of alkyl halides is 3. The third-order valence-corrected chi connectivity index (χ3v) is 5.44. The Labute approximate surface area is 166 Å². The molecule has 2 aromatic carbocycles. The maximum absolute atomic E-state index is 13.3. The highest BCUT2D eigenvalue weighted by molar-refractivity contribution is 7.89. The van der Waals surface area contributed by atoms with E-state index < -0.39 is 26.7 Å². The van der Waals surface area contributed by atoms with E-state index in [0.29, 0.717) is 0 Å². The van der Waals surface area contributed by atoms with E-state index >= 15 is 0 Å². The predicted octanol–water partition coefficient (Wildman–Crippen LogP) is 4.02. The number of anilines is 1. The molecule has 0 aliphatic rings. The minimum atomic E-state index is -4.85. The van der Waals surface area contributed by atoms with Crippen molar-refractivity contribution in [3.8, 4) is 5.69 Å². The quantitative estimate of drug-likeness (QED) is 0.647. The highest BCUT2D eigenvalue weighted by Gasteiger charge is 2.36. The first-order valence-corrected chi connectivity index (χ1v) is 10.1. The van der Waals surface area contributed by atoms with Crippen LogP contribution < -0.4 is 10.5 Å². The zero-order valence-corrected chi connectivity index (χ0v) is 16.4. The monoisotopic (exact) mass is 424 g/mol. The number of hydrogen-bond donors (Lipinski definition) is 2. The molecule has 0 aliphatic heterocycles. The first-order chi connectivity index (χ1) is 13.5. The smallest absolute Gasteiger partial charge is 0.379 e. The van der Waals surface area contributed by atoms with Gasteiger partial charge in [-0.2, -0.15) is 13.2 Å². The standard InChI is InChI=1S/C19H19F3N4O2S/c1-12(14-3-6-16(7-4-14)26-10-9-24-13(26)2)25-15-5-8-18(29(23,27)28)17(11-15)19(20,21)22/h3-12,25H,1-2H3,(H2,23,27,28). The van der Waals surface area contributed by atoms with Crippen molar-refractivity contribution in [2.45, 2.75) is 31.0 Å². The molecule has 0 spiro atoms. The normalized spacial score (nSPS) is 13.3. The van der Waals surface area contributed by atoms with Crippen LogP contribution in [0.3, 0.4) is 0 Å². The third-order valence-electron chi connectivity index (χ3n) is 4.47. The summed E-state index contributed by atoms with van der Waals surface area (Å²) < 4.78 is 64.7. The van der Waals surface area contributed by atoms with Crippen molar-refractivity contribution in [3.63, 3.8) is 0 Å². The molecule has 1 atom stereocenters. The Balaban J connectivity index is 1.85. The number of primary sulfonamides is 1. The van der Waals surface area contributed by atoms with E-state index in [1.54, 1.807) is 13.1 Å². The minimum absolute atomic E-state index is 0.131. The molecule has 0 saturated heterocycles. The van der Waals surface area contributed by atoms with Gasteiger partial charge in [0.05, 0.1) is 10.5 Å². The van der Waals surface area contributed by atoms with Crippen LogP contribution in [0.25, 0.3) is 5.69 Å². The summed E-state index contributed by atoms with van der Waals surface area (Å²) in [5.74, 6) is 0.832. The number of benzene rings is 2. The Morgan fingerprint density at radius 2 is 1.79 bits per heavy atom. The largest absolute Gasteiger partial charge is 0.417 e. The Bertz CT molecular complexity index is 1120. The highest BCUT2D eigenvalue weighted by atomic mass is 32.2. The van der Waals surface area contributed by atoms with Crippen molar-refractivity contribution in [1.82, 2.24) is 9.55 Å². The average Bonchev–Trinajstić information content (AvgIpc) is 3.06. The van der Waals surface area contributed by atoms with E-state index in [1.807, 2.05) is 42.0 Å². The molecule has 0 saturated carbocycles. The molecule has 154 valence electrons. The zero-order valence-electron chi connectivity index (χ0n) is 15.6. The third kappa shape index (κ3) is 4.60. The van der Waals surface area contributed by atoms with Gasteiger partial charge in [-0.05, 0) is 49.7 Å². The number of sulfonamides is 1. The highest BCUT2D eigenvalue weighted by Crippen LogP contribution is 2.36. The van der Waals surface area contributed by atoms with Gasteiger partial charge in [0.2, 0.25) is 10.0 Å². The molecule has 0 bridgehead atoms. The van der Waals surface area contributed by atoms with Gasteiger partial charge in [0.1, 0.15) is 5.82 Å².